The van der Waals surface area contributed by atoms with Crippen molar-refractivity contribution in [1.82, 2.24) is 4.90 Å². The fraction of sp³-hybridized carbons (Fsp3) is 0.917. The van der Waals surface area contributed by atoms with E-state index in [4.69, 9.17) is 16.3 Å². The van der Waals surface area contributed by atoms with Gasteiger partial charge in [-0.15, -0.1) is 11.6 Å². The van der Waals surface area contributed by atoms with Gasteiger partial charge >= 0.3 is 0 Å². The number of hydrogen-bond donors (Lipinski definition) is 0. The predicted octanol–water partition coefficient (Wildman–Crippen LogP) is 2.28. The van der Waals surface area contributed by atoms with Crippen LogP contribution >= 0.6 is 11.6 Å². The molecule has 94 valence electrons. The summed E-state index contributed by atoms with van der Waals surface area (Å²) in [6.45, 7) is 7.23. The van der Waals surface area contributed by atoms with Gasteiger partial charge in [0.05, 0.1) is 0 Å². The number of carbonyl (C=O) groups is 1. The third-order valence-electron chi connectivity index (χ3n) is 3.11. The van der Waals surface area contributed by atoms with Crippen LogP contribution in [0.15, 0.2) is 0 Å². The zero-order chi connectivity index (χ0) is 12.0. The number of amides is 1. The largest absolute Gasteiger partial charge is 0.381 e. The van der Waals surface area contributed by atoms with Gasteiger partial charge in [-0.3, -0.25) is 4.79 Å². The van der Waals surface area contributed by atoms with Gasteiger partial charge in [-0.1, -0.05) is 6.92 Å². The van der Waals surface area contributed by atoms with E-state index in [2.05, 4.69) is 0 Å². The van der Waals surface area contributed by atoms with Crippen LogP contribution in [0.1, 0.15) is 33.1 Å². The Bertz CT molecular complexity index is 215. The highest BCUT2D eigenvalue weighted by Gasteiger charge is 2.26. The molecule has 0 unspecified atom stereocenters. The van der Waals surface area contributed by atoms with Gasteiger partial charge in [-0.25, -0.2) is 0 Å². The van der Waals surface area contributed by atoms with E-state index < -0.39 is 0 Å². The highest BCUT2D eigenvalue weighted by Crippen LogP contribution is 2.19. The van der Waals surface area contributed by atoms with Crippen molar-refractivity contribution < 1.29 is 9.53 Å². The summed E-state index contributed by atoms with van der Waals surface area (Å²) in [5, 5.41) is -0.344. The molecule has 0 spiro atoms. The molecular weight excluding hydrogens is 226 g/mol. The first-order valence-corrected chi connectivity index (χ1v) is 6.63. The number of hydrogen-bond acceptors (Lipinski definition) is 2. The Morgan fingerprint density at radius 1 is 1.44 bits per heavy atom. The number of nitrogens with zero attached hydrogens (tertiary/aromatic N) is 1. The lowest BCUT2D eigenvalue weighted by Crippen LogP contribution is -2.42. The molecule has 1 fully saturated rings. The second-order valence-corrected chi connectivity index (χ2v) is 4.83. The van der Waals surface area contributed by atoms with Crippen LogP contribution in [0.3, 0.4) is 0 Å². The summed E-state index contributed by atoms with van der Waals surface area (Å²) in [6, 6.07) is 0. The van der Waals surface area contributed by atoms with E-state index in [1.54, 1.807) is 0 Å². The van der Waals surface area contributed by atoms with Crippen LogP contribution in [0.25, 0.3) is 0 Å². The maximum absolute atomic E-state index is 11.8. The molecule has 1 aliphatic rings. The summed E-state index contributed by atoms with van der Waals surface area (Å²) < 4.78 is 5.41. The average Bonchev–Trinajstić information content (AvgIpc) is 2.35. The zero-order valence-electron chi connectivity index (χ0n) is 10.2. The van der Waals surface area contributed by atoms with Gasteiger partial charge in [0.2, 0.25) is 5.91 Å². The van der Waals surface area contributed by atoms with Crippen LogP contribution in [-0.2, 0) is 9.53 Å². The quantitative estimate of drug-likeness (QED) is 0.698. The lowest BCUT2D eigenvalue weighted by Gasteiger charge is -2.32. The van der Waals surface area contributed by atoms with Crippen molar-refractivity contribution in [2.24, 2.45) is 5.92 Å². The maximum Gasteiger partial charge on any atom is 0.240 e. The van der Waals surface area contributed by atoms with Crippen LogP contribution in [-0.4, -0.2) is 42.5 Å². The molecule has 3 nitrogen and oxygen atoms in total. The van der Waals surface area contributed by atoms with Crippen molar-refractivity contribution in [3.63, 3.8) is 0 Å². The number of alkyl halides is 1. The first-order chi connectivity index (χ1) is 7.69. The minimum atomic E-state index is -0.344. The second-order valence-electron chi connectivity index (χ2n) is 4.30. The van der Waals surface area contributed by atoms with Crippen molar-refractivity contribution in [2.45, 2.75) is 38.5 Å². The number of likely N-dealkylation sites (tertiary alicyclic amines) is 1. The Kier molecular flexibility index (Phi) is 6.14. The molecule has 1 heterocycles. The third-order valence-corrected chi connectivity index (χ3v) is 3.61. The second kappa shape index (κ2) is 7.13. The molecule has 1 saturated heterocycles. The summed E-state index contributed by atoms with van der Waals surface area (Å²) >= 11 is 5.95. The number of piperidine rings is 1. The SMILES string of the molecule is CCOCC1CCN(C(=O)[C@@H](Cl)CC)CC1. The van der Waals surface area contributed by atoms with E-state index in [1.165, 1.54) is 0 Å². The Balaban J connectivity index is 2.28. The molecule has 0 aromatic heterocycles. The smallest absolute Gasteiger partial charge is 0.240 e. The normalized spacial score (nSPS) is 19.8. The van der Waals surface area contributed by atoms with Crippen LogP contribution < -0.4 is 0 Å². The molecule has 1 amide bonds. The van der Waals surface area contributed by atoms with Crippen molar-refractivity contribution >= 4 is 17.5 Å². The molecule has 1 atom stereocenters. The number of rotatable bonds is 5. The molecule has 1 aliphatic heterocycles. The standard InChI is InChI=1S/C12H22ClNO2/c1-3-11(13)12(15)14-7-5-10(6-8-14)9-16-4-2/h10-11H,3-9H2,1-2H3/t11-/m0/s1. The van der Waals surface area contributed by atoms with Gasteiger partial charge in [0, 0.05) is 26.3 Å². The fourth-order valence-corrected chi connectivity index (χ4v) is 2.12. The highest BCUT2D eigenvalue weighted by atomic mass is 35.5. The molecular formula is C12H22ClNO2. The third kappa shape index (κ3) is 3.95. The van der Waals surface area contributed by atoms with Gasteiger partial charge in [-0.05, 0) is 32.1 Å². The van der Waals surface area contributed by atoms with Crippen molar-refractivity contribution in [3.05, 3.63) is 0 Å². The van der Waals surface area contributed by atoms with Gasteiger partial charge in [-0.2, -0.15) is 0 Å². The van der Waals surface area contributed by atoms with Gasteiger partial charge in [0.15, 0.2) is 0 Å². The zero-order valence-corrected chi connectivity index (χ0v) is 11.0. The van der Waals surface area contributed by atoms with Crippen molar-refractivity contribution in [2.75, 3.05) is 26.3 Å². The topological polar surface area (TPSA) is 29.5 Å². The summed E-state index contributed by atoms with van der Waals surface area (Å²) in [7, 11) is 0. The van der Waals surface area contributed by atoms with Crippen molar-refractivity contribution in [1.29, 1.82) is 0 Å². The van der Waals surface area contributed by atoms with E-state index >= 15 is 0 Å². The lowest BCUT2D eigenvalue weighted by molar-refractivity contribution is -0.132. The Labute approximate surface area is 103 Å². The first kappa shape index (κ1) is 13.8. The first-order valence-electron chi connectivity index (χ1n) is 6.19. The molecule has 16 heavy (non-hydrogen) atoms. The van der Waals surface area contributed by atoms with E-state index in [0.29, 0.717) is 12.3 Å². The summed E-state index contributed by atoms with van der Waals surface area (Å²) in [5.74, 6) is 0.707. The Morgan fingerprint density at radius 2 is 2.06 bits per heavy atom. The monoisotopic (exact) mass is 247 g/mol. The average molecular weight is 248 g/mol. The van der Waals surface area contributed by atoms with E-state index in [-0.39, 0.29) is 11.3 Å². The lowest BCUT2D eigenvalue weighted by atomic mass is 9.97. The molecule has 0 aromatic rings. The van der Waals surface area contributed by atoms with E-state index in [1.807, 2.05) is 18.7 Å². The molecule has 0 saturated carbocycles. The molecule has 0 N–H and O–H groups in total. The molecule has 0 radical (unpaired) electrons. The highest BCUT2D eigenvalue weighted by molar-refractivity contribution is 6.30. The minimum absolute atomic E-state index is 0.0963. The van der Waals surface area contributed by atoms with Crippen LogP contribution in [0.5, 0.6) is 0 Å². The number of carbonyl (C=O) groups excluding carboxylic acids is 1. The van der Waals surface area contributed by atoms with Gasteiger partial charge in [0.1, 0.15) is 5.38 Å². The summed E-state index contributed by atoms with van der Waals surface area (Å²) in [6.07, 6.45) is 2.79. The van der Waals surface area contributed by atoms with Crippen LogP contribution in [0, 0.1) is 5.92 Å². The fourth-order valence-electron chi connectivity index (χ4n) is 1.98. The Morgan fingerprint density at radius 3 is 2.56 bits per heavy atom. The minimum Gasteiger partial charge on any atom is -0.381 e. The number of ether oxygens (including phenoxy) is 1. The summed E-state index contributed by atoms with van der Waals surface area (Å²) in [4.78, 5) is 13.7. The molecule has 0 aromatic carbocycles. The Hall–Kier alpha value is -0.280. The molecule has 0 bridgehead atoms. The van der Waals surface area contributed by atoms with E-state index in [9.17, 15) is 4.79 Å². The van der Waals surface area contributed by atoms with Crippen molar-refractivity contribution in [3.8, 4) is 0 Å². The molecule has 0 aliphatic carbocycles. The number of halogens is 1. The van der Waals surface area contributed by atoms with E-state index in [0.717, 1.165) is 39.1 Å². The van der Waals surface area contributed by atoms with Crippen LogP contribution in [0.2, 0.25) is 0 Å². The van der Waals surface area contributed by atoms with Gasteiger partial charge in [0.25, 0.3) is 0 Å². The predicted molar refractivity (Wildman–Crippen MR) is 65.7 cm³/mol. The molecule has 4 heteroatoms. The van der Waals surface area contributed by atoms with Gasteiger partial charge < -0.3 is 9.64 Å². The summed E-state index contributed by atoms with van der Waals surface area (Å²) in [5.41, 5.74) is 0. The maximum atomic E-state index is 11.8. The van der Waals surface area contributed by atoms with Crippen LogP contribution in [0.4, 0.5) is 0 Å². The molecule has 1 rings (SSSR count).